The summed E-state index contributed by atoms with van der Waals surface area (Å²) in [4.78, 5) is 0. The molecule has 0 amide bonds. The molecule has 2 atom stereocenters. The second kappa shape index (κ2) is 4.70. The third kappa shape index (κ3) is 3.19. The van der Waals surface area contributed by atoms with Gasteiger partial charge in [0.1, 0.15) is 0 Å². The van der Waals surface area contributed by atoms with Crippen LogP contribution in [0.15, 0.2) is 0 Å². The van der Waals surface area contributed by atoms with Crippen molar-refractivity contribution in [2.24, 2.45) is 5.92 Å². The predicted octanol–water partition coefficient (Wildman–Crippen LogP) is 2.12. The van der Waals surface area contributed by atoms with Crippen LogP contribution in [-0.4, -0.2) is 19.3 Å². The Kier molecular flexibility index (Phi) is 3.84. The fraction of sp³-hybridized carbons (Fsp3) is 1.00. The van der Waals surface area contributed by atoms with E-state index in [9.17, 15) is 4.39 Å². The molecule has 1 saturated carbocycles. The van der Waals surface area contributed by atoms with E-state index < -0.39 is 0 Å². The van der Waals surface area contributed by atoms with Gasteiger partial charge in [0.2, 0.25) is 0 Å². The Morgan fingerprint density at radius 3 is 2.82 bits per heavy atom. The molecular formula is C9H18FN. The van der Waals surface area contributed by atoms with Gasteiger partial charge in [-0.2, -0.15) is 0 Å². The van der Waals surface area contributed by atoms with Gasteiger partial charge in [-0.1, -0.05) is 6.92 Å². The lowest BCUT2D eigenvalue weighted by molar-refractivity contribution is 0.433. The topological polar surface area (TPSA) is 12.0 Å². The molecule has 0 aromatic carbocycles. The van der Waals surface area contributed by atoms with Crippen LogP contribution < -0.4 is 5.32 Å². The summed E-state index contributed by atoms with van der Waals surface area (Å²) in [5, 5.41) is 3.37. The predicted molar refractivity (Wildman–Crippen MR) is 45.4 cm³/mol. The number of hydrogen-bond donors (Lipinski definition) is 1. The first-order valence-corrected chi connectivity index (χ1v) is 4.62. The molecule has 2 unspecified atom stereocenters. The summed E-state index contributed by atoms with van der Waals surface area (Å²) in [5.74, 6) is 0.873. The minimum Gasteiger partial charge on any atom is -0.314 e. The van der Waals surface area contributed by atoms with Crippen LogP contribution in [0.2, 0.25) is 0 Å². The first kappa shape index (κ1) is 8.98. The minimum atomic E-state index is -0.185. The second-order valence-corrected chi connectivity index (χ2v) is 3.61. The van der Waals surface area contributed by atoms with Gasteiger partial charge in [-0.3, -0.25) is 4.39 Å². The second-order valence-electron chi connectivity index (χ2n) is 3.61. The molecule has 0 spiro atoms. The number of halogens is 1. The van der Waals surface area contributed by atoms with Gasteiger partial charge in [0.15, 0.2) is 0 Å². The van der Waals surface area contributed by atoms with Crippen molar-refractivity contribution in [3.8, 4) is 0 Å². The average molecular weight is 159 g/mol. The van der Waals surface area contributed by atoms with Gasteiger partial charge >= 0.3 is 0 Å². The molecule has 1 nitrogen and oxygen atoms in total. The molecule has 2 heteroatoms. The van der Waals surface area contributed by atoms with Crippen LogP contribution in [0, 0.1) is 5.92 Å². The zero-order valence-corrected chi connectivity index (χ0v) is 7.28. The maximum Gasteiger partial charge on any atom is 0.0906 e. The largest absolute Gasteiger partial charge is 0.314 e. The Morgan fingerprint density at radius 2 is 2.27 bits per heavy atom. The van der Waals surface area contributed by atoms with Crippen LogP contribution in [0.1, 0.15) is 32.6 Å². The summed E-state index contributed by atoms with van der Waals surface area (Å²) in [6, 6.07) is 0.677. The normalized spacial score (nSPS) is 31.1. The van der Waals surface area contributed by atoms with Crippen molar-refractivity contribution in [2.45, 2.75) is 38.6 Å². The van der Waals surface area contributed by atoms with Gasteiger partial charge in [-0.05, 0) is 38.1 Å². The van der Waals surface area contributed by atoms with Gasteiger partial charge in [0.05, 0.1) is 6.67 Å². The molecule has 11 heavy (non-hydrogen) atoms. The van der Waals surface area contributed by atoms with E-state index in [1.807, 2.05) is 0 Å². The van der Waals surface area contributed by atoms with Gasteiger partial charge in [-0.25, -0.2) is 0 Å². The fourth-order valence-electron chi connectivity index (χ4n) is 1.77. The van der Waals surface area contributed by atoms with Gasteiger partial charge < -0.3 is 5.32 Å². The van der Waals surface area contributed by atoms with Gasteiger partial charge in [-0.15, -0.1) is 0 Å². The summed E-state index contributed by atoms with van der Waals surface area (Å²) in [6.45, 7) is 2.96. The van der Waals surface area contributed by atoms with E-state index in [2.05, 4.69) is 12.2 Å². The Labute approximate surface area is 68.4 Å². The SMILES string of the molecule is CC1CCC(NCCCF)C1. The van der Waals surface area contributed by atoms with Crippen LogP contribution in [0.5, 0.6) is 0 Å². The monoisotopic (exact) mass is 159 g/mol. The molecule has 1 rings (SSSR count). The standard InChI is InChI=1S/C9H18FN/c1-8-3-4-9(7-8)11-6-2-5-10/h8-9,11H,2-7H2,1H3. The van der Waals surface area contributed by atoms with Crippen molar-refractivity contribution >= 4 is 0 Å². The molecule has 1 aliphatic carbocycles. The maximum atomic E-state index is 11.7. The van der Waals surface area contributed by atoms with E-state index in [4.69, 9.17) is 0 Å². The molecule has 0 aromatic rings. The third-order valence-electron chi connectivity index (χ3n) is 2.44. The van der Waals surface area contributed by atoms with E-state index >= 15 is 0 Å². The number of rotatable bonds is 4. The molecule has 0 heterocycles. The van der Waals surface area contributed by atoms with Crippen molar-refractivity contribution in [1.82, 2.24) is 5.32 Å². The van der Waals surface area contributed by atoms with Crippen molar-refractivity contribution in [3.05, 3.63) is 0 Å². The first-order valence-electron chi connectivity index (χ1n) is 4.62. The molecule has 0 radical (unpaired) electrons. The van der Waals surface area contributed by atoms with Crippen molar-refractivity contribution in [3.63, 3.8) is 0 Å². The van der Waals surface area contributed by atoms with Crippen LogP contribution in [-0.2, 0) is 0 Å². The summed E-state index contributed by atoms with van der Waals surface area (Å²) < 4.78 is 11.7. The summed E-state index contributed by atoms with van der Waals surface area (Å²) in [5.41, 5.74) is 0. The lowest BCUT2D eigenvalue weighted by Crippen LogP contribution is -2.27. The highest BCUT2D eigenvalue weighted by molar-refractivity contribution is 4.77. The molecule has 0 bridgehead atoms. The highest BCUT2D eigenvalue weighted by Crippen LogP contribution is 2.24. The van der Waals surface area contributed by atoms with Gasteiger partial charge in [0, 0.05) is 6.04 Å². The molecule has 0 aliphatic heterocycles. The van der Waals surface area contributed by atoms with Crippen LogP contribution in [0.4, 0.5) is 4.39 Å². The maximum absolute atomic E-state index is 11.7. The van der Waals surface area contributed by atoms with E-state index in [1.54, 1.807) is 0 Å². The van der Waals surface area contributed by atoms with Crippen molar-refractivity contribution in [2.75, 3.05) is 13.2 Å². The zero-order chi connectivity index (χ0) is 8.10. The van der Waals surface area contributed by atoms with E-state index in [1.165, 1.54) is 19.3 Å². The van der Waals surface area contributed by atoms with Crippen molar-refractivity contribution < 1.29 is 4.39 Å². The summed E-state index contributed by atoms with van der Waals surface area (Å²) in [6.07, 6.45) is 4.58. The van der Waals surface area contributed by atoms with Crippen LogP contribution in [0.3, 0.4) is 0 Å². The third-order valence-corrected chi connectivity index (χ3v) is 2.44. The smallest absolute Gasteiger partial charge is 0.0906 e. The minimum absolute atomic E-state index is 0.185. The van der Waals surface area contributed by atoms with E-state index in [0.717, 1.165) is 12.5 Å². The number of nitrogens with one attached hydrogen (secondary N) is 1. The van der Waals surface area contributed by atoms with E-state index in [0.29, 0.717) is 12.5 Å². The molecule has 1 fully saturated rings. The number of hydrogen-bond acceptors (Lipinski definition) is 1. The molecule has 66 valence electrons. The Hall–Kier alpha value is -0.110. The molecular weight excluding hydrogens is 141 g/mol. The summed E-state index contributed by atoms with van der Waals surface area (Å²) >= 11 is 0. The van der Waals surface area contributed by atoms with E-state index in [-0.39, 0.29) is 6.67 Å². The van der Waals surface area contributed by atoms with Crippen molar-refractivity contribution in [1.29, 1.82) is 0 Å². The summed E-state index contributed by atoms with van der Waals surface area (Å²) in [7, 11) is 0. The fourth-order valence-corrected chi connectivity index (χ4v) is 1.77. The van der Waals surface area contributed by atoms with Crippen LogP contribution >= 0.6 is 0 Å². The average Bonchev–Trinajstić information content (AvgIpc) is 2.37. The highest BCUT2D eigenvalue weighted by Gasteiger charge is 2.19. The number of alkyl halides is 1. The highest BCUT2D eigenvalue weighted by atomic mass is 19.1. The lowest BCUT2D eigenvalue weighted by Gasteiger charge is -2.10. The first-order chi connectivity index (χ1) is 5.33. The Morgan fingerprint density at radius 1 is 1.45 bits per heavy atom. The molecule has 1 aliphatic rings. The Balaban J connectivity index is 1.99. The molecule has 0 aromatic heterocycles. The van der Waals surface area contributed by atoms with Gasteiger partial charge in [0.25, 0.3) is 0 Å². The molecule has 0 saturated heterocycles. The molecule has 1 N–H and O–H groups in total. The Bertz CT molecular complexity index is 106. The lowest BCUT2D eigenvalue weighted by atomic mass is 10.1. The van der Waals surface area contributed by atoms with Crippen LogP contribution in [0.25, 0.3) is 0 Å². The zero-order valence-electron chi connectivity index (χ0n) is 7.28. The quantitative estimate of drug-likeness (QED) is 0.620.